The van der Waals surface area contributed by atoms with Gasteiger partial charge in [-0.05, 0) is 6.92 Å². The average molecular weight is 196 g/mol. The Morgan fingerprint density at radius 2 is 2.50 bits per heavy atom. The van der Waals surface area contributed by atoms with E-state index >= 15 is 0 Å². The summed E-state index contributed by atoms with van der Waals surface area (Å²) < 4.78 is 10.1. The van der Waals surface area contributed by atoms with Crippen LogP contribution in [0.4, 0.5) is 0 Å². The molecule has 1 atom stereocenters. The van der Waals surface area contributed by atoms with Crippen LogP contribution in [0.2, 0.25) is 0 Å². The summed E-state index contributed by atoms with van der Waals surface area (Å²) in [5.74, 6) is 0.316. The number of hydrogen-bond acceptors (Lipinski definition) is 4. The maximum absolute atomic E-state index is 11.2. The molecule has 1 aromatic rings. The summed E-state index contributed by atoms with van der Waals surface area (Å²) in [6.45, 7) is 2.27. The van der Waals surface area contributed by atoms with Crippen molar-refractivity contribution in [2.75, 3.05) is 13.7 Å². The largest absolute Gasteiger partial charge is 0.489 e. The van der Waals surface area contributed by atoms with E-state index in [2.05, 4.69) is 14.9 Å². The predicted octanol–water partition coefficient (Wildman–Crippen LogP) is 0.442. The number of nitrogens with one attached hydrogen (secondary N) is 1. The zero-order chi connectivity index (χ0) is 10.1. The van der Waals surface area contributed by atoms with Crippen molar-refractivity contribution in [2.24, 2.45) is 5.92 Å². The number of aromatic nitrogens is 2. The Hall–Kier alpha value is -1.52. The van der Waals surface area contributed by atoms with Crippen molar-refractivity contribution in [3.05, 3.63) is 11.4 Å². The van der Waals surface area contributed by atoms with E-state index in [4.69, 9.17) is 4.74 Å². The van der Waals surface area contributed by atoms with Gasteiger partial charge in [-0.3, -0.25) is 9.89 Å². The van der Waals surface area contributed by atoms with Crippen LogP contribution in [0.3, 0.4) is 0 Å². The van der Waals surface area contributed by atoms with E-state index in [-0.39, 0.29) is 11.9 Å². The Labute approximate surface area is 81.4 Å². The van der Waals surface area contributed by atoms with Gasteiger partial charge < -0.3 is 9.47 Å². The quantitative estimate of drug-likeness (QED) is 0.662. The monoisotopic (exact) mass is 196 g/mol. The van der Waals surface area contributed by atoms with Gasteiger partial charge in [0.2, 0.25) is 0 Å². The average Bonchev–Trinajstić information content (AvgIpc) is 2.59. The van der Waals surface area contributed by atoms with E-state index in [1.54, 1.807) is 0 Å². The number of aromatic amines is 1. The third-order valence-electron chi connectivity index (χ3n) is 2.36. The molecule has 76 valence electrons. The molecule has 1 unspecified atom stereocenters. The molecule has 0 amide bonds. The first-order valence-electron chi connectivity index (χ1n) is 4.47. The molecule has 2 rings (SSSR count). The van der Waals surface area contributed by atoms with Gasteiger partial charge in [0.25, 0.3) is 0 Å². The summed E-state index contributed by atoms with van der Waals surface area (Å²) in [4.78, 5) is 11.2. The van der Waals surface area contributed by atoms with Crippen LogP contribution in [-0.2, 0) is 16.0 Å². The van der Waals surface area contributed by atoms with E-state index in [9.17, 15) is 4.79 Å². The highest BCUT2D eigenvalue weighted by Crippen LogP contribution is 2.28. The zero-order valence-corrected chi connectivity index (χ0v) is 8.16. The van der Waals surface area contributed by atoms with Gasteiger partial charge in [0.15, 0.2) is 5.75 Å². The second-order valence-corrected chi connectivity index (χ2v) is 3.36. The van der Waals surface area contributed by atoms with Crippen LogP contribution in [0.1, 0.15) is 11.4 Å². The number of carbonyl (C=O) groups is 1. The second-order valence-electron chi connectivity index (χ2n) is 3.36. The van der Waals surface area contributed by atoms with E-state index in [1.807, 2.05) is 6.92 Å². The Morgan fingerprint density at radius 3 is 3.21 bits per heavy atom. The number of rotatable bonds is 1. The fraction of sp³-hybridized carbons (Fsp3) is 0.556. The molecule has 1 N–H and O–H groups in total. The number of carbonyl (C=O) groups excluding carboxylic acids is 1. The number of nitrogens with zero attached hydrogens (tertiary/aromatic N) is 1. The van der Waals surface area contributed by atoms with Gasteiger partial charge in [-0.2, -0.15) is 5.10 Å². The normalized spacial score (nSPS) is 19.7. The fourth-order valence-corrected chi connectivity index (χ4v) is 1.59. The van der Waals surface area contributed by atoms with Crippen molar-refractivity contribution < 1.29 is 14.3 Å². The van der Waals surface area contributed by atoms with Gasteiger partial charge in [0.1, 0.15) is 12.3 Å². The maximum Gasteiger partial charge on any atom is 0.312 e. The molecule has 5 nitrogen and oxygen atoms in total. The smallest absolute Gasteiger partial charge is 0.312 e. The van der Waals surface area contributed by atoms with Crippen molar-refractivity contribution >= 4 is 5.97 Å². The summed E-state index contributed by atoms with van der Waals surface area (Å²) in [6, 6.07) is 0. The summed E-state index contributed by atoms with van der Waals surface area (Å²) >= 11 is 0. The standard InChI is InChI=1S/C9H12N2O3/c1-5-8-7(11-10-5)3-6(4-14-8)9(12)13-2/h6H,3-4H2,1-2H3,(H,10,11). The SMILES string of the molecule is COC(=O)C1COc2c(n[nH]c2C)C1. The number of H-pyrrole nitrogens is 1. The van der Waals surface area contributed by atoms with Crippen LogP contribution >= 0.6 is 0 Å². The Bertz CT molecular complexity index is 359. The van der Waals surface area contributed by atoms with Crippen LogP contribution in [0.5, 0.6) is 5.75 Å². The summed E-state index contributed by atoms with van der Waals surface area (Å²) in [5, 5.41) is 6.89. The minimum atomic E-state index is -0.240. The summed E-state index contributed by atoms with van der Waals surface area (Å²) in [6.07, 6.45) is 0.590. The Morgan fingerprint density at radius 1 is 1.71 bits per heavy atom. The zero-order valence-electron chi connectivity index (χ0n) is 8.16. The van der Waals surface area contributed by atoms with Gasteiger partial charge in [0.05, 0.1) is 18.7 Å². The first kappa shape index (κ1) is 9.05. The molecule has 0 bridgehead atoms. The topological polar surface area (TPSA) is 64.2 Å². The highest BCUT2D eigenvalue weighted by molar-refractivity contribution is 5.73. The molecule has 0 saturated heterocycles. The Balaban J connectivity index is 2.18. The molecule has 0 spiro atoms. The molecular formula is C9H12N2O3. The number of esters is 1. The number of methoxy groups -OCH3 is 1. The molecule has 2 heterocycles. The van der Waals surface area contributed by atoms with Crippen LogP contribution in [-0.4, -0.2) is 29.9 Å². The predicted molar refractivity (Wildman–Crippen MR) is 48.0 cm³/mol. The number of hydrogen-bond donors (Lipinski definition) is 1. The van der Waals surface area contributed by atoms with Gasteiger partial charge in [0, 0.05) is 6.42 Å². The first-order chi connectivity index (χ1) is 6.72. The van der Waals surface area contributed by atoms with Gasteiger partial charge in [-0.25, -0.2) is 0 Å². The van der Waals surface area contributed by atoms with Gasteiger partial charge in [-0.1, -0.05) is 0 Å². The lowest BCUT2D eigenvalue weighted by molar-refractivity contribution is -0.146. The van der Waals surface area contributed by atoms with Crippen molar-refractivity contribution in [1.29, 1.82) is 0 Å². The minimum Gasteiger partial charge on any atom is -0.489 e. The van der Waals surface area contributed by atoms with E-state index in [0.717, 1.165) is 17.1 Å². The third kappa shape index (κ3) is 1.34. The molecule has 0 fully saturated rings. The third-order valence-corrected chi connectivity index (χ3v) is 2.36. The summed E-state index contributed by atoms with van der Waals surface area (Å²) in [5.41, 5.74) is 1.72. The van der Waals surface area contributed by atoms with E-state index < -0.39 is 0 Å². The highest BCUT2D eigenvalue weighted by atomic mass is 16.5. The number of ether oxygens (including phenoxy) is 2. The molecule has 0 saturated carbocycles. The van der Waals surface area contributed by atoms with Gasteiger partial charge in [-0.15, -0.1) is 0 Å². The number of aryl methyl sites for hydroxylation is 1. The lowest BCUT2D eigenvalue weighted by Gasteiger charge is -2.20. The molecule has 1 aliphatic rings. The lowest BCUT2D eigenvalue weighted by Crippen LogP contribution is -2.29. The summed E-state index contributed by atoms with van der Waals surface area (Å²) in [7, 11) is 1.38. The van der Waals surface area contributed by atoms with Crippen LogP contribution in [0.25, 0.3) is 0 Å². The van der Waals surface area contributed by atoms with Gasteiger partial charge >= 0.3 is 5.97 Å². The first-order valence-corrected chi connectivity index (χ1v) is 4.47. The molecule has 0 radical (unpaired) electrons. The van der Waals surface area contributed by atoms with E-state index in [1.165, 1.54) is 7.11 Å². The fourth-order valence-electron chi connectivity index (χ4n) is 1.59. The minimum absolute atomic E-state index is 0.227. The molecule has 1 aliphatic heterocycles. The number of fused-ring (bicyclic) bond motifs is 1. The molecule has 5 heteroatoms. The second kappa shape index (κ2) is 3.32. The molecule has 0 aromatic carbocycles. The van der Waals surface area contributed by atoms with E-state index in [0.29, 0.717) is 13.0 Å². The van der Waals surface area contributed by atoms with Crippen LogP contribution in [0, 0.1) is 12.8 Å². The molecule has 0 aliphatic carbocycles. The van der Waals surface area contributed by atoms with Crippen LogP contribution in [0.15, 0.2) is 0 Å². The molecule has 14 heavy (non-hydrogen) atoms. The molecular weight excluding hydrogens is 184 g/mol. The maximum atomic E-state index is 11.2. The van der Waals surface area contributed by atoms with Crippen molar-refractivity contribution in [1.82, 2.24) is 10.2 Å². The van der Waals surface area contributed by atoms with Crippen molar-refractivity contribution in [3.8, 4) is 5.75 Å². The van der Waals surface area contributed by atoms with Crippen molar-refractivity contribution in [3.63, 3.8) is 0 Å². The highest BCUT2D eigenvalue weighted by Gasteiger charge is 2.29. The van der Waals surface area contributed by atoms with Crippen LogP contribution < -0.4 is 4.74 Å². The molecule has 1 aromatic heterocycles. The lowest BCUT2D eigenvalue weighted by atomic mass is 10.0. The van der Waals surface area contributed by atoms with Crippen molar-refractivity contribution in [2.45, 2.75) is 13.3 Å². The Kier molecular flexibility index (Phi) is 2.15.